The molecule has 0 aliphatic heterocycles. The van der Waals surface area contributed by atoms with Gasteiger partial charge in [-0.3, -0.25) is 10.6 Å². The van der Waals surface area contributed by atoms with Crippen molar-refractivity contribution in [1.82, 2.24) is 5.32 Å². The standard InChI is InChI=1S/C13H19F2N3O2/c1-2-3-5-20-6-4-17-13(19)9-7-10(14)12(18-16)11(15)8-9/h7-8,18H,2-6,16H2,1H3,(H,17,19). The third-order valence-corrected chi connectivity index (χ3v) is 2.62. The van der Waals surface area contributed by atoms with Gasteiger partial charge in [-0.2, -0.15) is 0 Å². The van der Waals surface area contributed by atoms with Crippen LogP contribution in [0.4, 0.5) is 14.5 Å². The van der Waals surface area contributed by atoms with E-state index in [4.69, 9.17) is 10.6 Å². The molecule has 1 aromatic carbocycles. The average Bonchev–Trinajstić information content (AvgIpc) is 2.42. The minimum absolute atomic E-state index is 0.104. The van der Waals surface area contributed by atoms with Crippen molar-refractivity contribution in [3.63, 3.8) is 0 Å². The normalized spacial score (nSPS) is 10.4. The van der Waals surface area contributed by atoms with Crippen molar-refractivity contribution in [2.75, 3.05) is 25.2 Å². The molecule has 1 amide bonds. The lowest BCUT2D eigenvalue weighted by Gasteiger charge is -2.08. The van der Waals surface area contributed by atoms with E-state index in [-0.39, 0.29) is 12.1 Å². The Morgan fingerprint density at radius 2 is 1.95 bits per heavy atom. The molecule has 0 saturated carbocycles. The second-order valence-electron chi connectivity index (χ2n) is 4.18. The van der Waals surface area contributed by atoms with Gasteiger partial charge in [-0.1, -0.05) is 13.3 Å². The van der Waals surface area contributed by atoms with E-state index in [0.29, 0.717) is 13.2 Å². The lowest BCUT2D eigenvalue weighted by Crippen LogP contribution is -2.27. The van der Waals surface area contributed by atoms with Gasteiger partial charge in [0, 0.05) is 18.7 Å². The molecule has 0 radical (unpaired) electrons. The molecule has 1 aromatic rings. The van der Waals surface area contributed by atoms with Crippen molar-refractivity contribution in [3.8, 4) is 0 Å². The number of amides is 1. The van der Waals surface area contributed by atoms with E-state index in [0.717, 1.165) is 25.0 Å². The van der Waals surface area contributed by atoms with Gasteiger partial charge in [0.2, 0.25) is 0 Å². The number of nitrogen functional groups attached to an aromatic ring is 1. The molecule has 4 N–H and O–H groups in total. The lowest BCUT2D eigenvalue weighted by molar-refractivity contribution is 0.0912. The van der Waals surface area contributed by atoms with E-state index in [1.54, 1.807) is 0 Å². The summed E-state index contributed by atoms with van der Waals surface area (Å²) in [6.45, 7) is 3.32. The second-order valence-corrected chi connectivity index (χ2v) is 4.18. The number of ether oxygens (including phenoxy) is 1. The van der Waals surface area contributed by atoms with Gasteiger partial charge in [0.1, 0.15) is 5.69 Å². The third kappa shape index (κ3) is 4.75. The third-order valence-electron chi connectivity index (χ3n) is 2.62. The number of hydrazine groups is 1. The van der Waals surface area contributed by atoms with E-state index in [9.17, 15) is 13.6 Å². The highest BCUT2D eigenvalue weighted by Gasteiger charge is 2.14. The van der Waals surface area contributed by atoms with E-state index in [1.165, 1.54) is 0 Å². The van der Waals surface area contributed by atoms with E-state index in [1.807, 2.05) is 12.3 Å². The minimum atomic E-state index is -0.920. The molecule has 20 heavy (non-hydrogen) atoms. The lowest BCUT2D eigenvalue weighted by atomic mass is 10.1. The number of hydrogen-bond acceptors (Lipinski definition) is 4. The molecule has 0 bridgehead atoms. The predicted octanol–water partition coefficient (Wildman–Crippen LogP) is 1.80. The van der Waals surface area contributed by atoms with Crippen LogP contribution in [0.2, 0.25) is 0 Å². The largest absolute Gasteiger partial charge is 0.380 e. The molecule has 112 valence electrons. The van der Waals surface area contributed by atoms with Crippen molar-refractivity contribution >= 4 is 11.6 Å². The van der Waals surface area contributed by atoms with Gasteiger partial charge in [-0.15, -0.1) is 0 Å². The number of carbonyl (C=O) groups is 1. The molecule has 0 spiro atoms. The fraction of sp³-hybridized carbons (Fsp3) is 0.462. The first-order valence-corrected chi connectivity index (χ1v) is 6.41. The van der Waals surface area contributed by atoms with Gasteiger partial charge in [0.25, 0.3) is 5.91 Å². The van der Waals surface area contributed by atoms with Crippen LogP contribution in [0.15, 0.2) is 12.1 Å². The number of rotatable bonds is 8. The van der Waals surface area contributed by atoms with Crippen LogP contribution in [0.5, 0.6) is 0 Å². The Balaban J connectivity index is 2.48. The van der Waals surface area contributed by atoms with E-state index >= 15 is 0 Å². The maximum atomic E-state index is 13.4. The zero-order chi connectivity index (χ0) is 15.0. The van der Waals surface area contributed by atoms with Crippen LogP contribution in [0.25, 0.3) is 0 Å². The average molecular weight is 287 g/mol. The first kappa shape index (κ1) is 16.3. The van der Waals surface area contributed by atoms with Gasteiger partial charge in [-0.05, 0) is 18.6 Å². The fourth-order valence-electron chi connectivity index (χ4n) is 1.53. The Kier molecular flexibility index (Phi) is 6.89. The first-order chi connectivity index (χ1) is 9.60. The van der Waals surface area contributed by atoms with Gasteiger partial charge in [0.15, 0.2) is 11.6 Å². The van der Waals surface area contributed by atoms with Crippen LogP contribution in [0.1, 0.15) is 30.1 Å². The number of halogens is 2. The second kappa shape index (κ2) is 8.44. The molecule has 0 heterocycles. The molecule has 1 rings (SSSR count). The monoisotopic (exact) mass is 287 g/mol. The smallest absolute Gasteiger partial charge is 0.251 e. The van der Waals surface area contributed by atoms with Gasteiger partial charge < -0.3 is 15.5 Å². The number of nitrogens with two attached hydrogens (primary N) is 1. The van der Waals surface area contributed by atoms with Crippen LogP contribution >= 0.6 is 0 Å². The predicted molar refractivity (Wildman–Crippen MR) is 72.2 cm³/mol. The number of anilines is 1. The number of carbonyl (C=O) groups excluding carboxylic acids is 1. The van der Waals surface area contributed by atoms with Gasteiger partial charge >= 0.3 is 0 Å². The summed E-state index contributed by atoms with van der Waals surface area (Å²) < 4.78 is 32.1. The molecule has 0 aliphatic carbocycles. The van der Waals surface area contributed by atoms with Crippen molar-refractivity contribution in [2.24, 2.45) is 5.84 Å². The van der Waals surface area contributed by atoms with Gasteiger partial charge in [0.05, 0.1) is 6.61 Å². The maximum Gasteiger partial charge on any atom is 0.251 e. The summed E-state index contributed by atoms with van der Waals surface area (Å²) in [5, 5.41) is 2.52. The molecule has 7 heteroatoms. The SMILES string of the molecule is CCCCOCCNC(=O)c1cc(F)c(NN)c(F)c1. The van der Waals surface area contributed by atoms with E-state index < -0.39 is 23.2 Å². The summed E-state index contributed by atoms with van der Waals surface area (Å²) in [5.41, 5.74) is 1.33. The molecule has 0 unspecified atom stereocenters. The first-order valence-electron chi connectivity index (χ1n) is 6.41. The summed E-state index contributed by atoms with van der Waals surface area (Å²) >= 11 is 0. The molecule has 5 nitrogen and oxygen atoms in total. The molecule has 0 saturated heterocycles. The van der Waals surface area contributed by atoms with Crippen LogP contribution in [-0.2, 0) is 4.74 Å². The van der Waals surface area contributed by atoms with Gasteiger partial charge in [-0.25, -0.2) is 8.78 Å². The summed E-state index contributed by atoms with van der Waals surface area (Å²) in [4.78, 5) is 11.7. The number of hydrogen-bond donors (Lipinski definition) is 3. The number of nitrogens with one attached hydrogen (secondary N) is 2. The molecule has 0 aromatic heterocycles. The molecular weight excluding hydrogens is 268 g/mol. The quantitative estimate of drug-likeness (QED) is 0.387. The van der Waals surface area contributed by atoms with Crippen molar-refractivity contribution < 1.29 is 18.3 Å². The van der Waals surface area contributed by atoms with Crippen LogP contribution in [0, 0.1) is 11.6 Å². The molecule has 0 fully saturated rings. The summed E-state index contributed by atoms with van der Waals surface area (Å²) in [6, 6.07) is 1.84. The summed E-state index contributed by atoms with van der Waals surface area (Å²) in [6.07, 6.45) is 1.99. The molecule has 0 atom stereocenters. The van der Waals surface area contributed by atoms with Crippen molar-refractivity contribution in [2.45, 2.75) is 19.8 Å². The Hall–Kier alpha value is -1.73. The van der Waals surface area contributed by atoms with Crippen LogP contribution < -0.4 is 16.6 Å². The highest BCUT2D eigenvalue weighted by Crippen LogP contribution is 2.19. The molecular formula is C13H19F2N3O2. The summed E-state index contributed by atoms with van der Waals surface area (Å²) in [5.74, 6) is 2.57. The Bertz CT molecular complexity index is 432. The van der Waals surface area contributed by atoms with E-state index in [2.05, 4.69) is 5.32 Å². The van der Waals surface area contributed by atoms with Crippen LogP contribution in [0.3, 0.4) is 0 Å². The highest BCUT2D eigenvalue weighted by molar-refractivity contribution is 5.94. The topological polar surface area (TPSA) is 76.4 Å². The molecule has 0 aliphatic rings. The fourth-order valence-corrected chi connectivity index (χ4v) is 1.53. The summed E-state index contributed by atoms with van der Waals surface area (Å²) in [7, 11) is 0. The number of benzene rings is 1. The zero-order valence-electron chi connectivity index (χ0n) is 11.3. The zero-order valence-corrected chi connectivity index (χ0v) is 11.3. The van der Waals surface area contributed by atoms with Crippen molar-refractivity contribution in [1.29, 1.82) is 0 Å². The Labute approximate surface area is 116 Å². The number of unbranched alkanes of at least 4 members (excludes halogenated alkanes) is 1. The maximum absolute atomic E-state index is 13.4. The van der Waals surface area contributed by atoms with Crippen LogP contribution in [-0.4, -0.2) is 25.7 Å². The minimum Gasteiger partial charge on any atom is -0.380 e. The highest BCUT2D eigenvalue weighted by atomic mass is 19.1. The Morgan fingerprint density at radius 1 is 1.30 bits per heavy atom. The Morgan fingerprint density at radius 3 is 2.50 bits per heavy atom. The van der Waals surface area contributed by atoms with Crippen molar-refractivity contribution in [3.05, 3.63) is 29.3 Å².